The molecule has 4 rings (SSSR count). The van der Waals surface area contributed by atoms with Gasteiger partial charge >= 0.3 is 0 Å². The molecule has 2 aromatic carbocycles. The number of aromatic nitrogens is 4. The fraction of sp³-hybridized carbons (Fsp3) is 0.0909. The first-order valence-corrected chi connectivity index (χ1v) is 9.09. The van der Waals surface area contributed by atoms with E-state index in [0.29, 0.717) is 28.7 Å². The minimum absolute atomic E-state index is 0.155. The van der Waals surface area contributed by atoms with E-state index >= 15 is 0 Å². The summed E-state index contributed by atoms with van der Waals surface area (Å²) in [6, 6.07) is 19.9. The van der Waals surface area contributed by atoms with E-state index in [1.807, 2.05) is 44.3 Å². The van der Waals surface area contributed by atoms with Gasteiger partial charge < -0.3 is 10.1 Å². The van der Waals surface area contributed by atoms with Gasteiger partial charge in [0.15, 0.2) is 5.82 Å². The van der Waals surface area contributed by atoms with Crippen molar-refractivity contribution in [1.82, 2.24) is 20.0 Å². The van der Waals surface area contributed by atoms with Crippen molar-refractivity contribution in [1.29, 1.82) is 0 Å². The standard InChI is InChI=1S/C22H19N5O2/c1-15-4-3-5-17(14-15)22(28)23-18-6-8-19(9-7-18)29-21-11-10-20(24-25-21)27-13-12-16(2)26-27/h3-14H,1-2H3,(H,23,28). The summed E-state index contributed by atoms with van der Waals surface area (Å²) in [6.07, 6.45) is 1.82. The molecule has 144 valence electrons. The van der Waals surface area contributed by atoms with Gasteiger partial charge in [-0.05, 0) is 62.4 Å². The Balaban J connectivity index is 1.40. The van der Waals surface area contributed by atoms with Crippen LogP contribution in [0.25, 0.3) is 5.82 Å². The molecule has 7 nitrogen and oxygen atoms in total. The maximum atomic E-state index is 12.3. The number of rotatable bonds is 5. The molecule has 0 atom stereocenters. The zero-order valence-corrected chi connectivity index (χ0v) is 16.0. The molecule has 0 radical (unpaired) electrons. The molecule has 0 fully saturated rings. The van der Waals surface area contributed by atoms with Crippen LogP contribution >= 0.6 is 0 Å². The van der Waals surface area contributed by atoms with Crippen molar-refractivity contribution in [2.45, 2.75) is 13.8 Å². The average Bonchev–Trinajstić information content (AvgIpc) is 3.16. The summed E-state index contributed by atoms with van der Waals surface area (Å²) < 4.78 is 7.37. The zero-order chi connectivity index (χ0) is 20.2. The van der Waals surface area contributed by atoms with Crippen molar-refractivity contribution in [2.24, 2.45) is 0 Å². The lowest BCUT2D eigenvalue weighted by atomic mass is 10.1. The van der Waals surface area contributed by atoms with Gasteiger partial charge in [0, 0.05) is 23.5 Å². The highest BCUT2D eigenvalue weighted by atomic mass is 16.5. The number of carbonyl (C=O) groups is 1. The van der Waals surface area contributed by atoms with Crippen molar-refractivity contribution < 1.29 is 9.53 Å². The summed E-state index contributed by atoms with van der Waals surface area (Å²) >= 11 is 0. The Morgan fingerprint density at radius 2 is 1.79 bits per heavy atom. The topological polar surface area (TPSA) is 81.9 Å². The second-order valence-corrected chi connectivity index (χ2v) is 6.58. The third kappa shape index (κ3) is 4.47. The zero-order valence-electron chi connectivity index (χ0n) is 16.0. The third-order valence-electron chi connectivity index (χ3n) is 4.20. The predicted molar refractivity (Wildman–Crippen MR) is 110 cm³/mol. The van der Waals surface area contributed by atoms with Crippen molar-refractivity contribution in [2.75, 3.05) is 5.32 Å². The molecule has 1 N–H and O–H groups in total. The minimum Gasteiger partial charge on any atom is -0.438 e. The van der Waals surface area contributed by atoms with Crippen LogP contribution in [0.5, 0.6) is 11.6 Å². The number of carbonyl (C=O) groups excluding carboxylic acids is 1. The maximum Gasteiger partial charge on any atom is 0.255 e. The van der Waals surface area contributed by atoms with Crippen LogP contribution in [0.15, 0.2) is 72.9 Å². The lowest BCUT2D eigenvalue weighted by Crippen LogP contribution is -2.11. The molecular weight excluding hydrogens is 366 g/mol. The smallest absolute Gasteiger partial charge is 0.255 e. The van der Waals surface area contributed by atoms with Crippen molar-refractivity contribution in [3.63, 3.8) is 0 Å². The Kier molecular flexibility index (Phi) is 5.03. The van der Waals surface area contributed by atoms with Gasteiger partial charge in [0.25, 0.3) is 5.91 Å². The summed E-state index contributed by atoms with van der Waals surface area (Å²) in [5.41, 5.74) is 3.24. The maximum absolute atomic E-state index is 12.3. The fourth-order valence-electron chi connectivity index (χ4n) is 2.75. The molecule has 0 bridgehead atoms. The number of ether oxygens (including phenoxy) is 1. The highest BCUT2D eigenvalue weighted by Gasteiger charge is 2.07. The molecule has 0 aliphatic carbocycles. The molecule has 0 spiro atoms. The molecule has 0 saturated heterocycles. The molecule has 2 heterocycles. The SMILES string of the molecule is Cc1cccc(C(=O)Nc2ccc(Oc3ccc(-n4ccc(C)n4)nn3)cc2)c1. The van der Waals surface area contributed by atoms with Crippen molar-refractivity contribution in [3.05, 3.63) is 89.7 Å². The van der Waals surface area contributed by atoms with Gasteiger partial charge in [0.05, 0.1) is 5.69 Å². The summed E-state index contributed by atoms with van der Waals surface area (Å²) in [5.74, 6) is 1.42. The van der Waals surface area contributed by atoms with Crippen molar-refractivity contribution >= 4 is 11.6 Å². The number of benzene rings is 2. The van der Waals surface area contributed by atoms with Crippen LogP contribution in [0.1, 0.15) is 21.6 Å². The Hall–Kier alpha value is -4.00. The Morgan fingerprint density at radius 3 is 2.45 bits per heavy atom. The van der Waals surface area contributed by atoms with Gasteiger partial charge in [-0.15, -0.1) is 10.2 Å². The number of amides is 1. The van der Waals surface area contributed by atoms with Gasteiger partial charge in [0.2, 0.25) is 5.88 Å². The van der Waals surface area contributed by atoms with Crippen LogP contribution in [0.2, 0.25) is 0 Å². The molecular formula is C22H19N5O2. The van der Waals surface area contributed by atoms with Crippen LogP contribution in [0.4, 0.5) is 5.69 Å². The second kappa shape index (κ2) is 7.93. The number of hydrogen-bond acceptors (Lipinski definition) is 5. The van der Waals surface area contributed by atoms with E-state index in [0.717, 1.165) is 11.3 Å². The fourth-order valence-corrected chi connectivity index (χ4v) is 2.75. The van der Waals surface area contributed by atoms with Crippen molar-refractivity contribution in [3.8, 4) is 17.4 Å². The summed E-state index contributed by atoms with van der Waals surface area (Å²) in [5, 5.41) is 15.4. The largest absolute Gasteiger partial charge is 0.438 e. The first kappa shape index (κ1) is 18.4. The molecule has 29 heavy (non-hydrogen) atoms. The normalized spacial score (nSPS) is 10.6. The molecule has 7 heteroatoms. The number of nitrogens with zero attached hydrogens (tertiary/aromatic N) is 4. The third-order valence-corrected chi connectivity index (χ3v) is 4.20. The summed E-state index contributed by atoms with van der Waals surface area (Å²) in [6.45, 7) is 3.86. The number of hydrogen-bond donors (Lipinski definition) is 1. The van der Waals surface area contributed by atoms with Crippen LogP contribution in [0, 0.1) is 13.8 Å². The monoisotopic (exact) mass is 385 g/mol. The van der Waals surface area contributed by atoms with E-state index in [4.69, 9.17) is 4.74 Å². The van der Waals surface area contributed by atoms with Gasteiger partial charge in [-0.2, -0.15) is 5.10 Å². The summed E-state index contributed by atoms with van der Waals surface area (Å²) in [4.78, 5) is 12.3. The number of aryl methyl sites for hydroxylation is 2. The van der Waals surface area contributed by atoms with Crippen LogP contribution in [0.3, 0.4) is 0 Å². The number of nitrogens with one attached hydrogen (secondary N) is 1. The van der Waals surface area contributed by atoms with E-state index < -0.39 is 0 Å². The first-order valence-electron chi connectivity index (χ1n) is 9.09. The van der Waals surface area contributed by atoms with Gasteiger partial charge in [0.1, 0.15) is 5.75 Å². The minimum atomic E-state index is -0.155. The van der Waals surface area contributed by atoms with E-state index in [-0.39, 0.29) is 5.91 Å². The van der Waals surface area contributed by atoms with Gasteiger partial charge in [-0.3, -0.25) is 4.79 Å². The molecule has 0 saturated carbocycles. The predicted octanol–water partition coefficient (Wildman–Crippen LogP) is 4.32. The Morgan fingerprint density at radius 1 is 0.966 bits per heavy atom. The van der Waals surface area contributed by atoms with E-state index in [2.05, 4.69) is 20.6 Å². The van der Waals surface area contributed by atoms with Gasteiger partial charge in [-0.1, -0.05) is 17.7 Å². The number of anilines is 1. The first-order chi connectivity index (χ1) is 14.1. The Bertz CT molecular complexity index is 1130. The lowest BCUT2D eigenvalue weighted by Gasteiger charge is -2.08. The van der Waals surface area contributed by atoms with E-state index in [1.165, 1.54) is 0 Å². The summed E-state index contributed by atoms with van der Waals surface area (Å²) in [7, 11) is 0. The van der Waals surface area contributed by atoms with Crippen LogP contribution in [-0.4, -0.2) is 25.9 Å². The van der Waals surface area contributed by atoms with Crippen LogP contribution < -0.4 is 10.1 Å². The molecule has 1 amide bonds. The second-order valence-electron chi connectivity index (χ2n) is 6.58. The highest BCUT2D eigenvalue weighted by Crippen LogP contribution is 2.22. The quantitative estimate of drug-likeness (QED) is 0.553. The van der Waals surface area contributed by atoms with E-state index in [9.17, 15) is 4.79 Å². The molecule has 0 aliphatic rings. The van der Waals surface area contributed by atoms with Gasteiger partial charge in [-0.25, -0.2) is 4.68 Å². The molecule has 2 aromatic heterocycles. The average molecular weight is 385 g/mol. The highest BCUT2D eigenvalue weighted by molar-refractivity contribution is 6.04. The molecule has 0 aliphatic heterocycles. The lowest BCUT2D eigenvalue weighted by molar-refractivity contribution is 0.102. The molecule has 0 unspecified atom stereocenters. The molecule has 4 aromatic rings. The van der Waals surface area contributed by atoms with E-state index in [1.54, 1.807) is 47.1 Å². The Labute approximate surface area is 168 Å². The van der Waals surface area contributed by atoms with Crippen LogP contribution in [-0.2, 0) is 0 Å².